The van der Waals surface area contributed by atoms with E-state index in [1.807, 2.05) is 0 Å². The van der Waals surface area contributed by atoms with Gasteiger partial charge in [-0.25, -0.2) is 0 Å². The smallest absolute Gasteiger partial charge is 0.0994 e. The highest BCUT2D eigenvalue weighted by Crippen LogP contribution is 2.69. The molecule has 3 aliphatic rings. The van der Waals surface area contributed by atoms with Gasteiger partial charge < -0.3 is 9.05 Å². The van der Waals surface area contributed by atoms with Gasteiger partial charge in [-0.2, -0.15) is 0 Å². The van der Waals surface area contributed by atoms with Crippen LogP contribution in [0.2, 0.25) is 0 Å². The van der Waals surface area contributed by atoms with E-state index in [0.717, 1.165) is 5.92 Å². The quantitative estimate of drug-likeness (QED) is 0.388. The summed E-state index contributed by atoms with van der Waals surface area (Å²) in [5, 5.41) is 0. The van der Waals surface area contributed by atoms with Crippen LogP contribution in [0.5, 0.6) is 0 Å². The highest BCUT2D eigenvalue weighted by atomic mass is 31.1. The lowest BCUT2D eigenvalue weighted by Crippen LogP contribution is -2.67. The van der Waals surface area contributed by atoms with E-state index in [4.69, 9.17) is 9.05 Å². The first-order chi connectivity index (χ1) is 11.8. The van der Waals surface area contributed by atoms with Gasteiger partial charge in [0.1, 0.15) is 0 Å². The molecular weight excluding hydrogens is 358 g/mol. The third-order valence-electron chi connectivity index (χ3n) is 6.89. The van der Waals surface area contributed by atoms with Gasteiger partial charge in [-0.05, 0) is 59.7 Å². The molecule has 3 fully saturated rings. The SMILES string of the molecule is CC(C)P(O[C@@H]1C[C@H]2C[C@H](C2(C)C)[C@@]1(C)OP(C(C)C)C(C)C)C(C)C. The Labute approximate surface area is 166 Å². The molecule has 0 aliphatic heterocycles. The largest absolute Gasteiger partial charge is 0.352 e. The summed E-state index contributed by atoms with van der Waals surface area (Å²) in [5.41, 5.74) is 2.67. The number of hydrogen-bond donors (Lipinski definition) is 0. The van der Waals surface area contributed by atoms with Crippen molar-refractivity contribution in [3.63, 3.8) is 0 Å². The summed E-state index contributed by atoms with van der Waals surface area (Å²) in [7, 11) is -0.866. The molecule has 2 nitrogen and oxygen atoms in total. The lowest BCUT2D eigenvalue weighted by atomic mass is 9.43. The minimum absolute atomic E-state index is 0.136. The van der Waals surface area contributed by atoms with Crippen LogP contribution in [-0.4, -0.2) is 34.3 Å². The van der Waals surface area contributed by atoms with Crippen molar-refractivity contribution in [2.75, 3.05) is 0 Å². The fraction of sp³-hybridized carbons (Fsp3) is 1.00. The minimum atomic E-state index is -0.449. The Bertz CT molecular complexity index is 459. The zero-order valence-corrected chi connectivity index (χ0v) is 21.0. The molecule has 26 heavy (non-hydrogen) atoms. The molecule has 0 N–H and O–H groups in total. The van der Waals surface area contributed by atoms with Gasteiger partial charge in [-0.3, -0.25) is 0 Å². The summed E-state index contributed by atoms with van der Waals surface area (Å²) in [6.45, 7) is 25.9. The van der Waals surface area contributed by atoms with E-state index in [2.05, 4.69) is 76.2 Å². The van der Waals surface area contributed by atoms with Crippen molar-refractivity contribution in [1.82, 2.24) is 0 Å². The number of hydrogen-bond acceptors (Lipinski definition) is 2. The molecule has 3 saturated carbocycles. The molecule has 0 aromatic rings. The van der Waals surface area contributed by atoms with Gasteiger partial charge in [-0.15, -0.1) is 0 Å². The molecule has 0 saturated heterocycles. The number of fused-ring (bicyclic) bond motifs is 2. The summed E-state index contributed by atoms with van der Waals surface area (Å²) in [5.74, 6) is 1.42. The molecule has 3 aliphatic carbocycles. The first kappa shape index (κ1) is 23.1. The van der Waals surface area contributed by atoms with Gasteiger partial charge in [0.05, 0.1) is 11.7 Å². The Morgan fingerprint density at radius 2 is 1.19 bits per heavy atom. The van der Waals surface area contributed by atoms with Crippen molar-refractivity contribution in [3.05, 3.63) is 0 Å². The standard InChI is InChI=1S/C22H44O2P2/c1-14(2)25(15(3)4)23-20-13-18-12-19(21(18,9)10)22(20,11)24-26(16(5)6)17(7)8/h14-20H,12-13H2,1-11H3/t18-,19-,20-,22-/m1/s1. The van der Waals surface area contributed by atoms with Gasteiger partial charge in [-0.1, -0.05) is 69.2 Å². The molecule has 4 heteroatoms. The van der Waals surface area contributed by atoms with E-state index in [1.165, 1.54) is 12.8 Å². The van der Waals surface area contributed by atoms with Crippen LogP contribution in [0.3, 0.4) is 0 Å². The maximum atomic E-state index is 7.11. The van der Waals surface area contributed by atoms with E-state index in [0.29, 0.717) is 34.0 Å². The Morgan fingerprint density at radius 3 is 1.58 bits per heavy atom. The molecular formula is C22H44O2P2. The maximum Gasteiger partial charge on any atom is 0.0994 e. The second-order valence-corrected chi connectivity index (χ2v) is 16.5. The minimum Gasteiger partial charge on any atom is -0.352 e. The predicted molar refractivity (Wildman–Crippen MR) is 119 cm³/mol. The van der Waals surface area contributed by atoms with Crippen LogP contribution in [0.25, 0.3) is 0 Å². The van der Waals surface area contributed by atoms with Crippen LogP contribution >= 0.6 is 16.3 Å². The van der Waals surface area contributed by atoms with Crippen molar-refractivity contribution in [3.8, 4) is 0 Å². The summed E-state index contributed by atoms with van der Waals surface area (Å²) in [6, 6.07) is 0. The Kier molecular flexibility index (Phi) is 7.33. The summed E-state index contributed by atoms with van der Waals surface area (Å²) in [6.07, 6.45) is 2.76. The first-order valence-corrected chi connectivity index (χ1v) is 13.5. The van der Waals surface area contributed by atoms with Gasteiger partial charge in [0.15, 0.2) is 0 Å². The third kappa shape index (κ3) is 4.20. The van der Waals surface area contributed by atoms with E-state index in [9.17, 15) is 0 Å². The van der Waals surface area contributed by atoms with E-state index in [1.54, 1.807) is 0 Å². The van der Waals surface area contributed by atoms with Crippen LogP contribution in [0.15, 0.2) is 0 Å². The fourth-order valence-corrected chi connectivity index (χ4v) is 9.98. The molecule has 0 spiro atoms. The molecule has 0 heterocycles. The summed E-state index contributed by atoms with van der Waals surface area (Å²) in [4.78, 5) is 0. The fourth-order valence-electron chi connectivity index (χ4n) is 5.40. The average molecular weight is 403 g/mol. The van der Waals surface area contributed by atoms with E-state index >= 15 is 0 Å². The van der Waals surface area contributed by atoms with Crippen LogP contribution in [0, 0.1) is 17.3 Å². The molecule has 2 bridgehead atoms. The third-order valence-corrected chi connectivity index (χ3v) is 12.1. The number of rotatable bonds is 8. The maximum absolute atomic E-state index is 7.11. The molecule has 4 atom stereocenters. The van der Waals surface area contributed by atoms with Crippen molar-refractivity contribution in [2.45, 2.75) is 123 Å². The van der Waals surface area contributed by atoms with Crippen LogP contribution in [0.4, 0.5) is 0 Å². The van der Waals surface area contributed by atoms with Gasteiger partial charge in [0, 0.05) is 16.3 Å². The van der Waals surface area contributed by atoms with Crippen LogP contribution in [0.1, 0.15) is 89.0 Å². The van der Waals surface area contributed by atoms with Crippen molar-refractivity contribution in [1.29, 1.82) is 0 Å². The zero-order chi connectivity index (χ0) is 20.0. The van der Waals surface area contributed by atoms with Gasteiger partial charge in [0.25, 0.3) is 0 Å². The zero-order valence-electron chi connectivity index (χ0n) is 19.2. The molecule has 154 valence electrons. The second-order valence-electron chi connectivity index (χ2n) is 10.5. The molecule has 0 amide bonds. The van der Waals surface area contributed by atoms with Crippen molar-refractivity contribution in [2.24, 2.45) is 17.3 Å². The van der Waals surface area contributed by atoms with E-state index < -0.39 is 16.3 Å². The normalized spacial score (nSPS) is 33.8. The summed E-state index contributed by atoms with van der Waals surface area (Å²) < 4.78 is 14.0. The molecule has 0 unspecified atom stereocenters. The second kappa shape index (κ2) is 8.26. The molecule has 3 rings (SSSR count). The topological polar surface area (TPSA) is 18.5 Å². The van der Waals surface area contributed by atoms with Gasteiger partial charge in [0.2, 0.25) is 0 Å². The first-order valence-electron chi connectivity index (χ1n) is 10.7. The predicted octanol–water partition coefficient (Wildman–Crippen LogP) is 7.64. The monoisotopic (exact) mass is 402 g/mol. The Morgan fingerprint density at radius 1 is 0.731 bits per heavy atom. The van der Waals surface area contributed by atoms with Crippen molar-refractivity contribution < 1.29 is 9.05 Å². The Balaban J connectivity index is 2.31. The van der Waals surface area contributed by atoms with Crippen LogP contribution in [-0.2, 0) is 9.05 Å². The van der Waals surface area contributed by atoms with Gasteiger partial charge >= 0.3 is 0 Å². The molecule has 0 radical (unpaired) electrons. The van der Waals surface area contributed by atoms with E-state index in [-0.39, 0.29) is 11.7 Å². The average Bonchev–Trinajstić information content (AvgIpc) is 2.49. The molecule has 0 aromatic heterocycles. The summed E-state index contributed by atoms with van der Waals surface area (Å²) >= 11 is 0. The highest BCUT2D eigenvalue weighted by Gasteiger charge is 2.65. The highest BCUT2D eigenvalue weighted by molar-refractivity contribution is 7.54. The Hall–Kier alpha value is 0.780. The lowest BCUT2D eigenvalue weighted by molar-refractivity contribution is -0.224. The molecule has 0 aromatic carbocycles. The lowest BCUT2D eigenvalue weighted by Gasteiger charge is -2.67. The van der Waals surface area contributed by atoms with Crippen LogP contribution < -0.4 is 0 Å². The van der Waals surface area contributed by atoms with Crippen molar-refractivity contribution >= 4 is 16.3 Å².